The SMILES string of the molecule is O=S(=O)(O)c1cc(O)cc(S(=O)(=O)O)c1O.[Na].[Na]. The van der Waals surface area contributed by atoms with Crippen LogP contribution in [-0.4, -0.2) is 95.3 Å². The second-order valence-corrected chi connectivity index (χ2v) is 5.52. The number of aromatic hydroxyl groups is 2. The van der Waals surface area contributed by atoms with Crippen molar-refractivity contribution in [1.82, 2.24) is 0 Å². The van der Waals surface area contributed by atoms with E-state index in [4.69, 9.17) is 14.2 Å². The topological polar surface area (TPSA) is 149 Å². The second-order valence-electron chi connectivity index (χ2n) is 2.74. The van der Waals surface area contributed by atoms with Gasteiger partial charge in [0.25, 0.3) is 20.2 Å². The third-order valence-electron chi connectivity index (χ3n) is 1.58. The molecule has 0 bridgehead atoms. The molecular weight excluding hydrogens is 310 g/mol. The van der Waals surface area contributed by atoms with E-state index in [-0.39, 0.29) is 59.1 Å². The van der Waals surface area contributed by atoms with E-state index in [0.29, 0.717) is 12.1 Å². The number of phenolic OH excluding ortho intramolecular Hbond substituents is 2. The van der Waals surface area contributed by atoms with Crippen LogP contribution in [0.25, 0.3) is 0 Å². The van der Waals surface area contributed by atoms with E-state index in [1.165, 1.54) is 0 Å². The molecule has 0 amide bonds. The fraction of sp³-hybridized carbons (Fsp3) is 0. The molecule has 0 spiro atoms. The van der Waals surface area contributed by atoms with Gasteiger partial charge in [-0.15, -0.1) is 0 Å². The van der Waals surface area contributed by atoms with Crippen molar-refractivity contribution >= 4 is 79.4 Å². The number of benzene rings is 1. The van der Waals surface area contributed by atoms with Crippen LogP contribution in [0.15, 0.2) is 21.9 Å². The molecule has 12 heteroatoms. The quantitative estimate of drug-likeness (QED) is 0.303. The molecule has 0 aliphatic carbocycles. The first-order valence-electron chi connectivity index (χ1n) is 3.54. The molecule has 0 aromatic heterocycles. The van der Waals surface area contributed by atoms with Crippen LogP contribution in [-0.2, 0) is 20.2 Å². The van der Waals surface area contributed by atoms with Gasteiger partial charge in [0.2, 0.25) is 0 Å². The molecule has 0 fully saturated rings. The van der Waals surface area contributed by atoms with Crippen molar-refractivity contribution in [3.63, 3.8) is 0 Å². The molecule has 0 unspecified atom stereocenters. The van der Waals surface area contributed by atoms with E-state index in [1.807, 2.05) is 0 Å². The van der Waals surface area contributed by atoms with Crippen LogP contribution >= 0.6 is 0 Å². The number of hydrogen-bond acceptors (Lipinski definition) is 6. The van der Waals surface area contributed by atoms with Crippen molar-refractivity contribution in [2.75, 3.05) is 0 Å². The number of phenols is 2. The summed E-state index contributed by atoms with van der Waals surface area (Å²) in [6.45, 7) is 0. The maximum absolute atomic E-state index is 10.7. The van der Waals surface area contributed by atoms with Crippen molar-refractivity contribution < 1.29 is 36.2 Å². The Kier molecular flexibility index (Phi) is 8.01. The summed E-state index contributed by atoms with van der Waals surface area (Å²) in [4.78, 5) is -2.44. The van der Waals surface area contributed by atoms with Gasteiger partial charge in [0, 0.05) is 71.2 Å². The molecule has 1 aromatic rings. The fourth-order valence-electron chi connectivity index (χ4n) is 0.962. The van der Waals surface area contributed by atoms with Crippen molar-refractivity contribution in [2.24, 2.45) is 0 Å². The van der Waals surface area contributed by atoms with E-state index in [1.54, 1.807) is 0 Å². The van der Waals surface area contributed by atoms with Crippen LogP contribution in [0.3, 0.4) is 0 Å². The zero-order valence-corrected chi connectivity index (χ0v) is 15.0. The van der Waals surface area contributed by atoms with E-state index in [9.17, 15) is 21.9 Å². The summed E-state index contributed by atoms with van der Waals surface area (Å²) in [5, 5.41) is 18.2. The normalized spacial score (nSPS) is 11.2. The molecule has 18 heavy (non-hydrogen) atoms. The van der Waals surface area contributed by atoms with Gasteiger partial charge in [0.1, 0.15) is 15.5 Å². The van der Waals surface area contributed by atoms with Crippen molar-refractivity contribution in [1.29, 1.82) is 0 Å². The summed E-state index contributed by atoms with van der Waals surface area (Å²) in [5.41, 5.74) is 0. The predicted molar refractivity (Wildman–Crippen MR) is 60.9 cm³/mol. The molecule has 8 nitrogen and oxygen atoms in total. The maximum Gasteiger partial charge on any atom is 0.298 e. The van der Waals surface area contributed by atoms with Crippen LogP contribution in [0.1, 0.15) is 0 Å². The van der Waals surface area contributed by atoms with E-state index in [0.717, 1.165) is 0 Å². The minimum absolute atomic E-state index is 0. The van der Waals surface area contributed by atoms with Crippen LogP contribution in [0.4, 0.5) is 0 Å². The third-order valence-corrected chi connectivity index (χ3v) is 3.31. The van der Waals surface area contributed by atoms with E-state index in [2.05, 4.69) is 0 Å². The summed E-state index contributed by atoms with van der Waals surface area (Å²) >= 11 is 0. The minimum atomic E-state index is -4.92. The van der Waals surface area contributed by atoms with Crippen molar-refractivity contribution in [2.45, 2.75) is 9.79 Å². The molecule has 92 valence electrons. The van der Waals surface area contributed by atoms with Gasteiger partial charge in [0.05, 0.1) is 0 Å². The van der Waals surface area contributed by atoms with Gasteiger partial charge in [-0.3, -0.25) is 9.11 Å². The van der Waals surface area contributed by atoms with Crippen LogP contribution in [0.5, 0.6) is 11.5 Å². The van der Waals surface area contributed by atoms with Gasteiger partial charge in [-0.1, -0.05) is 0 Å². The second kappa shape index (κ2) is 6.88. The molecule has 4 N–H and O–H groups in total. The zero-order valence-electron chi connectivity index (χ0n) is 9.39. The molecule has 0 atom stereocenters. The molecule has 1 rings (SSSR count). The standard InChI is InChI=1S/C6H6O8S2.2Na/c7-3-1-4(15(9,10)11)6(8)5(2-3)16(12,13)14;;/h1-2,7-8H,(H,9,10,11)(H,12,13,14);;. The molecule has 0 aliphatic heterocycles. The Morgan fingerprint density at radius 1 is 0.778 bits per heavy atom. The molecular formula is C6H6Na2O8S2. The summed E-state index contributed by atoms with van der Waals surface area (Å²) in [6, 6.07) is 0.860. The molecule has 1 aromatic carbocycles. The summed E-state index contributed by atoms with van der Waals surface area (Å²) in [5.74, 6) is -2.24. The van der Waals surface area contributed by atoms with Gasteiger partial charge in [-0.05, 0) is 0 Å². The molecule has 0 heterocycles. The van der Waals surface area contributed by atoms with Gasteiger partial charge < -0.3 is 10.2 Å². The minimum Gasteiger partial charge on any atom is -0.508 e. The molecule has 0 aliphatic rings. The summed E-state index contributed by atoms with van der Waals surface area (Å²) < 4.78 is 60.0. The first-order valence-corrected chi connectivity index (χ1v) is 6.42. The van der Waals surface area contributed by atoms with Gasteiger partial charge >= 0.3 is 0 Å². The smallest absolute Gasteiger partial charge is 0.298 e. The van der Waals surface area contributed by atoms with Crippen LogP contribution in [0.2, 0.25) is 0 Å². The third kappa shape index (κ3) is 4.96. The Labute approximate surface area is 147 Å². The largest absolute Gasteiger partial charge is 0.508 e. The Hall–Kier alpha value is 0.640. The van der Waals surface area contributed by atoms with E-state index < -0.39 is 41.5 Å². The van der Waals surface area contributed by atoms with Gasteiger partial charge in [-0.2, -0.15) is 16.8 Å². The summed E-state index contributed by atoms with van der Waals surface area (Å²) in [7, 11) is -9.85. The molecule has 0 saturated carbocycles. The van der Waals surface area contributed by atoms with Gasteiger partial charge in [-0.25, -0.2) is 0 Å². The zero-order chi connectivity index (χ0) is 12.7. The Morgan fingerprint density at radius 3 is 1.28 bits per heavy atom. The van der Waals surface area contributed by atoms with Gasteiger partial charge in [0.15, 0.2) is 5.75 Å². The fourth-order valence-corrected chi connectivity index (χ4v) is 2.27. The average Bonchev–Trinajstić information content (AvgIpc) is 2.04. The Bertz CT molecular complexity index is 583. The Balaban J connectivity index is 0. The van der Waals surface area contributed by atoms with E-state index >= 15 is 0 Å². The summed E-state index contributed by atoms with van der Waals surface area (Å²) in [6.07, 6.45) is 0. The predicted octanol–water partition coefficient (Wildman–Crippen LogP) is -1.17. The van der Waals surface area contributed by atoms with Crippen LogP contribution < -0.4 is 0 Å². The molecule has 0 saturated heterocycles. The Morgan fingerprint density at radius 2 is 1.06 bits per heavy atom. The average molecular weight is 316 g/mol. The van der Waals surface area contributed by atoms with Crippen LogP contribution in [0, 0.1) is 0 Å². The first kappa shape index (κ1) is 20.9. The maximum atomic E-state index is 10.7. The van der Waals surface area contributed by atoms with Crippen molar-refractivity contribution in [3.05, 3.63) is 12.1 Å². The first-order chi connectivity index (χ1) is 7.03. The van der Waals surface area contributed by atoms with Crippen molar-refractivity contribution in [3.8, 4) is 11.5 Å². The number of rotatable bonds is 2. The monoisotopic (exact) mass is 316 g/mol. The number of hydrogen-bond donors (Lipinski definition) is 4. The molecule has 2 radical (unpaired) electrons.